The van der Waals surface area contributed by atoms with E-state index in [1.165, 1.54) is 4.90 Å². The van der Waals surface area contributed by atoms with Crippen LogP contribution >= 0.6 is 11.6 Å². The molecule has 9 nitrogen and oxygen atoms in total. The fourth-order valence-corrected chi connectivity index (χ4v) is 5.08. The molecule has 1 aliphatic heterocycles. The summed E-state index contributed by atoms with van der Waals surface area (Å²) in [5.41, 5.74) is 0.416. The molecule has 2 atom stereocenters. The van der Waals surface area contributed by atoms with E-state index in [1.807, 2.05) is 6.07 Å². The number of aliphatic hydroxyl groups is 1. The number of likely N-dealkylation sites (tertiary alicyclic amines) is 1. The lowest BCUT2D eigenvalue weighted by molar-refractivity contribution is -0.156. The first kappa shape index (κ1) is 26.9. The first-order valence-electron chi connectivity index (χ1n) is 12.5. The number of benzene rings is 1. The summed E-state index contributed by atoms with van der Waals surface area (Å²) in [7, 11) is 0. The van der Waals surface area contributed by atoms with Gasteiger partial charge in [0, 0.05) is 30.9 Å². The first-order chi connectivity index (χ1) is 17.5. The zero-order chi connectivity index (χ0) is 26.8. The van der Waals surface area contributed by atoms with Crippen LogP contribution in [0.25, 0.3) is 0 Å². The molecule has 1 aliphatic carbocycles. The second-order valence-electron chi connectivity index (χ2n) is 10.5. The summed E-state index contributed by atoms with van der Waals surface area (Å²) in [6.07, 6.45) is 3.00. The summed E-state index contributed by atoms with van der Waals surface area (Å²) >= 11 is 6.19. The van der Waals surface area contributed by atoms with Gasteiger partial charge in [-0.1, -0.05) is 23.7 Å². The molecule has 198 valence electrons. The van der Waals surface area contributed by atoms with Crippen molar-refractivity contribution < 1.29 is 24.2 Å². The molecule has 4 rings (SSSR count). The highest BCUT2D eigenvalue weighted by atomic mass is 35.5. The van der Waals surface area contributed by atoms with Gasteiger partial charge in [0.1, 0.15) is 11.6 Å². The maximum Gasteiger partial charge on any atom is 0.407 e. The Morgan fingerprint density at radius 1 is 1.19 bits per heavy atom. The number of rotatable bonds is 6. The highest BCUT2D eigenvalue weighted by Gasteiger charge is 2.50. The molecule has 1 unspecified atom stereocenters. The average Bonchev–Trinajstić information content (AvgIpc) is 3.46. The Morgan fingerprint density at radius 3 is 2.70 bits per heavy atom. The molecular formula is C27H33ClN4O5. The SMILES string of the molecule is CC(C)(C)OC(=O)NCc1ccc(Cl)cc1CNC(=O)[C@@H]1CCCN1C(=O)C1(O)CCc2cccnc21. The molecule has 2 aromatic rings. The lowest BCUT2D eigenvalue weighted by atomic mass is 9.98. The number of amides is 3. The average molecular weight is 529 g/mol. The van der Waals surface area contributed by atoms with Crippen LogP contribution in [0.4, 0.5) is 4.79 Å². The van der Waals surface area contributed by atoms with Crippen molar-refractivity contribution >= 4 is 29.5 Å². The molecule has 0 saturated carbocycles. The standard InChI is InChI=1S/C27H33ClN4O5/c1-26(2,3)37-25(35)31-15-18-8-9-20(28)14-19(18)16-30-23(33)21-7-5-13-32(21)24(34)27(36)11-10-17-6-4-12-29-22(17)27/h4,6,8-9,12,14,21,36H,5,7,10-11,13,15-16H2,1-3H3,(H,30,33)(H,31,35)/t21-,27?/m0/s1. The minimum atomic E-state index is -1.72. The van der Waals surface area contributed by atoms with Crippen LogP contribution in [0.1, 0.15) is 62.4 Å². The van der Waals surface area contributed by atoms with Gasteiger partial charge in [-0.2, -0.15) is 0 Å². The highest BCUT2D eigenvalue weighted by molar-refractivity contribution is 6.30. The summed E-state index contributed by atoms with van der Waals surface area (Å²) in [5.74, 6) is -0.785. The van der Waals surface area contributed by atoms with Gasteiger partial charge in [-0.15, -0.1) is 0 Å². The molecule has 1 saturated heterocycles. The van der Waals surface area contributed by atoms with Crippen LogP contribution in [0.3, 0.4) is 0 Å². The topological polar surface area (TPSA) is 121 Å². The van der Waals surface area contributed by atoms with Gasteiger partial charge in [-0.25, -0.2) is 4.79 Å². The van der Waals surface area contributed by atoms with Crippen molar-refractivity contribution in [2.45, 2.75) is 76.8 Å². The quantitative estimate of drug-likeness (QED) is 0.529. The van der Waals surface area contributed by atoms with Crippen LogP contribution in [0, 0.1) is 0 Å². The number of aryl methyl sites for hydroxylation is 1. The predicted octanol–water partition coefficient (Wildman–Crippen LogP) is 3.20. The van der Waals surface area contributed by atoms with E-state index < -0.39 is 29.2 Å². The van der Waals surface area contributed by atoms with E-state index in [1.54, 1.807) is 51.2 Å². The molecule has 1 fully saturated rings. The van der Waals surface area contributed by atoms with Crippen molar-refractivity contribution in [1.29, 1.82) is 0 Å². The molecule has 0 bridgehead atoms. The number of halogens is 1. The van der Waals surface area contributed by atoms with Crippen molar-refractivity contribution in [3.05, 3.63) is 63.9 Å². The van der Waals surface area contributed by atoms with Crippen molar-refractivity contribution in [1.82, 2.24) is 20.5 Å². The molecule has 0 radical (unpaired) electrons. The number of aromatic nitrogens is 1. The second-order valence-corrected chi connectivity index (χ2v) is 11.0. The fourth-order valence-electron chi connectivity index (χ4n) is 4.89. The van der Waals surface area contributed by atoms with Crippen molar-refractivity contribution in [3.63, 3.8) is 0 Å². The number of fused-ring (bicyclic) bond motifs is 1. The second kappa shape index (κ2) is 10.7. The van der Waals surface area contributed by atoms with Gasteiger partial charge in [0.15, 0.2) is 5.60 Å². The fraction of sp³-hybridized carbons (Fsp3) is 0.481. The van der Waals surface area contributed by atoms with Crippen molar-refractivity contribution in [3.8, 4) is 0 Å². The Bertz CT molecular complexity index is 1200. The minimum absolute atomic E-state index is 0.165. The molecule has 10 heteroatoms. The Balaban J connectivity index is 1.41. The molecule has 1 aromatic heterocycles. The van der Waals surface area contributed by atoms with Gasteiger partial charge in [-0.05, 0) is 81.3 Å². The van der Waals surface area contributed by atoms with Gasteiger partial charge < -0.3 is 25.4 Å². The van der Waals surface area contributed by atoms with Gasteiger partial charge >= 0.3 is 6.09 Å². The number of hydrogen-bond acceptors (Lipinski definition) is 6. The van der Waals surface area contributed by atoms with Crippen LogP contribution in [-0.4, -0.2) is 51.1 Å². The lowest BCUT2D eigenvalue weighted by Crippen LogP contribution is -2.52. The van der Waals surface area contributed by atoms with Gasteiger partial charge in [0.05, 0.1) is 5.69 Å². The first-order valence-corrected chi connectivity index (χ1v) is 12.9. The predicted molar refractivity (Wildman–Crippen MR) is 138 cm³/mol. The van der Waals surface area contributed by atoms with Gasteiger partial charge in [0.25, 0.3) is 5.91 Å². The number of hydrogen-bond donors (Lipinski definition) is 3. The summed E-state index contributed by atoms with van der Waals surface area (Å²) in [6.45, 7) is 6.11. The largest absolute Gasteiger partial charge is 0.444 e. The summed E-state index contributed by atoms with van der Waals surface area (Å²) in [6, 6.07) is 8.19. The minimum Gasteiger partial charge on any atom is -0.444 e. The van der Waals surface area contributed by atoms with E-state index in [-0.39, 0.29) is 25.4 Å². The van der Waals surface area contributed by atoms with E-state index >= 15 is 0 Å². The van der Waals surface area contributed by atoms with Crippen LogP contribution in [0.2, 0.25) is 5.02 Å². The van der Waals surface area contributed by atoms with Crippen LogP contribution in [-0.2, 0) is 39.4 Å². The summed E-state index contributed by atoms with van der Waals surface area (Å²) in [5, 5.41) is 17.4. The molecular weight excluding hydrogens is 496 g/mol. The number of ether oxygens (including phenoxy) is 1. The van der Waals surface area contributed by atoms with Gasteiger partial charge in [-0.3, -0.25) is 14.6 Å². The summed E-state index contributed by atoms with van der Waals surface area (Å²) < 4.78 is 5.29. The molecule has 37 heavy (non-hydrogen) atoms. The zero-order valence-corrected chi connectivity index (χ0v) is 22.1. The zero-order valence-electron chi connectivity index (χ0n) is 21.3. The lowest BCUT2D eigenvalue weighted by Gasteiger charge is -2.31. The van der Waals surface area contributed by atoms with Crippen molar-refractivity contribution in [2.75, 3.05) is 6.54 Å². The number of nitrogens with one attached hydrogen (secondary N) is 2. The van der Waals surface area contributed by atoms with Crippen molar-refractivity contribution in [2.24, 2.45) is 0 Å². The van der Waals surface area contributed by atoms with Crippen LogP contribution in [0.15, 0.2) is 36.5 Å². The third kappa shape index (κ3) is 6.05. The Hall–Kier alpha value is -3.17. The Labute approximate surface area is 221 Å². The van der Waals surface area contributed by atoms with E-state index in [4.69, 9.17) is 16.3 Å². The molecule has 3 amide bonds. The number of alkyl carbamates (subject to hydrolysis) is 1. The van der Waals surface area contributed by atoms with E-state index in [0.29, 0.717) is 36.5 Å². The number of pyridine rings is 1. The maximum absolute atomic E-state index is 13.5. The summed E-state index contributed by atoms with van der Waals surface area (Å²) in [4.78, 5) is 44.5. The Morgan fingerprint density at radius 2 is 1.95 bits per heavy atom. The molecule has 2 aliphatic rings. The number of carbonyl (C=O) groups is 3. The molecule has 1 aromatic carbocycles. The maximum atomic E-state index is 13.5. The van der Waals surface area contributed by atoms with Crippen LogP contribution in [0.5, 0.6) is 0 Å². The normalized spacial score (nSPS) is 20.9. The molecule has 3 N–H and O–H groups in total. The Kier molecular flexibility index (Phi) is 7.75. The van der Waals surface area contributed by atoms with E-state index in [0.717, 1.165) is 16.7 Å². The van der Waals surface area contributed by atoms with E-state index in [9.17, 15) is 19.5 Å². The molecule has 0 spiro atoms. The number of nitrogens with zero attached hydrogens (tertiary/aromatic N) is 2. The van der Waals surface area contributed by atoms with E-state index in [2.05, 4.69) is 15.6 Å². The highest BCUT2D eigenvalue weighted by Crippen LogP contribution is 2.38. The van der Waals surface area contributed by atoms with Crippen LogP contribution < -0.4 is 10.6 Å². The molecule has 2 heterocycles. The third-order valence-corrected chi connectivity index (χ3v) is 6.89. The third-order valence-electron chi connectivity index (χ3n) is 6.65. The number of carbonyl (C=O) groups excluding carboxylic acids is 3. The monoisotopic (exact) mass is 528 g/mol. The smallest absolute Gasteiger partial charge is 0.407 e. The van der Waals surface area contributed by atoms with Gasteiger partial charge in [0.2, 0.25) is 5.91 Å².